The summed E-state index contributed by atoms with van der Waals surface area (Å²) in [6, 6.07) is -0.447. The van der Waals surface area contributed by atoms with E-state index in [2.05, 4.69) is 33.9 Å². The van der Waals surface area contributed by atoms with E-state index in [1.807, 2.05) is 27.0 Å². The Labute approximate surface area is 178 Å². The van der Waals surface area contributed by atoms with Crippen molar-refractivity contribution in [3.8, 4) is 0 Å². The molecule has 2 heterocycles. The first-order chi connectivity index (χ1) is 13.6. The molecule has 1 fully saturated rings. The molecule has 1 aliphatic heterocycles. The highest BCUT2D eigenvalue weighted by atomic mass is 32.2. The fraction of sp³-hybridized carbons (Fsp3) is 0.800. The van der Waals surface area contributed by atoms with Gasteiger partial charge in [-0.2, -0.15) is 0 Å². The van der Waals surface area contributed by atoms with Crippen molar-refractivity contribution in [1.29, 1.82) is 0 Å². The molecule has 2 rings (SSSR count). The molecule has 1 aliphatic rings. The highest BCUT2D eigenvalue weighted by Gasteiger charge is 2.36. The van der Waals surface area contributed by atoms with Gasteiger partial charge >= 0.3 is 6.09 Å². The molecular formula is C20H35N5O3S. The number of carbonyl (C=O) groups is 2. The third-order valence-electron chi connectivity index (χ3n) is 4.58. The Kier molecular flexibility index (Phi) is 8.36. The zero-order valence-electron chi connectivity index (χ0n) is 18.5. The first kappa shape index (κ1) is 23.5. The van der Waals surface area contributed by atoms with Gasteiger partial charge < -0.3 is 14.6 Å². The Balaban J connectivity index is 1.84. The van der Waals surface area contributed by atoms with Crippen LogP contribution >= 0.6 is 11.8 Å². The number of ether oxygens (including phenoxy) is 1. The van der Waals surface area contributed by atoms with E-state index in [0.717, 1.165) is 36.8 Å². The Bertz CT molecular complexity index is 699. The molecule has 29 heavy (non-hydrogen) atoms. The van der Waals surface area contributed by atoms with Gasteiger partial charge in [-0.25, -0.2) is 4.79 Å². The molecule has 1 saturated heterocycles. The normalized spacial score (nSPS) is 17.1. The topological polar surface area (TPSA) is 89.3 Å². The van der Waals surface area contributed by atoms with E-state index in [9.17, 15) is 9.59 Å². The van der Waals surface area contributed by atoms with Gasteiger partial charge in [0.05, 0.1) is 0 Å². The number of amides is 2. The second kappa shape index (κ2) is 10.3. The molecular weight excluding hydrogens is 390 g/mol. The summed E-state index contributed by atoms with van der Waals surface area (Å²) in [6.45, 7) is 11.8. The lowest BCUT2D eigenvalue weighted by molar-refractivity contribution is -0.125. The Morgan fingerprint density at radius 1 is 1.31 bits per heavy atom. The number of hydrogen-bond donors (Lipinski definition) is 1. The number of rotatable bonds is 8. The minimum Gasteiger partial charge on any atom is -0.444 e. The van der Waals surface area contributed by atoms with Crippen LogP contribution in [0, 0.1) is 5.92 Å². The van der Waals surface area contributed by atoms with Crippen molar-refractivity contribution >= 4 is 23.8 Å². The van der Waals surface area contributed by atoms with E-state index in [0.29, 0.717) is 25.4 Å². The Hall–Kier alpha value is -1.77. The first-order valence-electron chi connectivity index (χ1n) is 10.4. The van der Waals surface area contributed by atoms with Gasteiger partial charge in [-0.05, 0) is 52.2 Å². The molecule has 0 saturated carbocycles. The summed E-state index contributed by atoms with van der Waals surface area (Å²) in [5, 5.41) is 12.5. The fourth-order valence-corrected chi connectivity index (χ4v) is 3.88. The van der Waals surface area contributed by atoms with Crippen LogP contribution in [-0.2, 0) is 22.5 Å². The molecule has 0 spiro atoms. The predicted molar refractivity (Wildman–Crippen MR) is 114 cm³/mol. The number of likely N-dealkylation sites (tertiary alicyclic amines) is 1. The van der Waals surface area contributed by atoms with Gasteiger partial charge in [0.1, 0.15) is 17.5 Å². The maximum atomic E-state index is 12.6. The lowest BCUT2D eigenvalue weighted by Gasteiger charge is -2.28. The quantitative estimate of drug-likeness (QED) is 0.508. The smallest absolute Gasteiger partial charge is 0.410 e. The van der Waals surface area contributed by atoms with Crippen LogP contribution in [0.25, 0.3) is 0 Å². The third kappa shape index (κ3) is 6.90. The lowest BCUT2D eigenvalue weighted by atomic mass is 10.2. The van der Waals surface area contributed by atoms with Crippen LogP contribution < -0.4 is 5.32 Å². The molecule has 0 unspecified atom stereocenters. The highest BCUT2D eigenvalue weighted by Crippen LogP contribution is 2.21. The van der Waals surface area contributed by atoms with Gasteiger partial charge in [-0.1, -0.05) is 25.6 Å². The molecule has 164 valence electrons. The van der Waals surface area contributed by atoms with E-state index < -0.39 is 17.7 Å². The molecule has 2 amide bonds. The number of aromatic nitrogens is 3. The van der Waals surface area contributed by atoms with Gasteiger partial charge in [0.25, 0.3) is 0 Å². The maximum Gasteiger partial charge on any atom is 0.410 e. The zero-order chi connectivity index (χ0) is 21.6. The summed E-state index contributed by atoms with van der Waals surface area (Å²) < 4.78 is 7.60. The van der Waals surface area contributed by atoms with Gasteiger partial charge in [0.15, 0.2) is 5.16 Å². The van der Waals surface area contributed by atoms with E-state index in [1.54, 1.807) is 16.7 Å². The predicted octanol–water partition coefficient (Wildman–Crippen LogP) is 3.10. The van der Waals surface area contributed by atoms with Crippen molar-refractivity contribution in [1.82, 2.24) is 25.0 Å². The number of nitrogens with one attached hydrogen (secondary N) is 1. The van der Waals surface area contributed by atoms with Crippen LogP contribution in [0.5, 0.6) is 0 Å². The molecule has 1 aromatic rings. The molecule has 1 N–H and O–H groups in total. The van der Waals surface area contributed by atoms with Crippen molar-refractivity contribution in [3.63, 3.8) is 0 Å². The van der Waals surface area contributed by atoms with Crippen molar-refractivity contribution < 1.29 is 14.3 Å². The van der Waals surface area contributed by atoms with Crippen LogP contribution in [-0.4, -0.2) is 62.7 Å². The monoisotopic (exact) mass is 425 g/mol. The average molecular weight is 426 g/mol. The molecule has 9 heteroatoms. The van der Waals surface area contributed by atoms with Crippen LogP contribution in [0.1, 0.15) is 59.7 Å². The summed E-state index contributed by atoms with van der Waals surface area (Å²) in [7, 11) is 0. The number of nitrogens with zero attached hydrogens (tertiary/aromatic N) is 4. The Morgan fingerprint density at radius 2 is 2.03 bits per heavy atom. The van der Waals surface area contributed by atoms with Crippen molar-refractivity contribution in [2.45, 2.75) is 83.6 Å². The summed E-state index contributed by atoms with van der Waals surface area (Å²) in [5.41, 5.74) is -0.567. The molecule has 0 radical (unpaired) electrons. The summed E-state index contributed by atoms with van der Waals surface area (Å²) in [4.78, 5) is 26.5. The molecule has 1 atom stereocenters. The summed E-state index contributed by atoms with van der Waals surface area (Å²) >= 11 is 1.60. The van der Waals surface area contributed by atoms with Crippen LogP contribution in [0.2, 0.25) is 0 Å². The van der Waals surface area contributed by atoms with Crippen LogP contribution in [0.15, 0.2) is 5.16 Å². The van der Waals surface area contributed by atoms with E-state index in [1.165, 1.54) is 0 Å². The molecule has 0 aromatic carbocycles. The lowest BCUT2D eigenvalue weighted by Crippen LogP contribution is -2.47. The van der Waals surface area contributed by atoms with Crippen molar-refractivity contribution in [2.75, 3.05) is 19.3 Å². The van der Waals surface area contributed by atoms with E-state index in [4.69, 9.17) is 4.74 Å². The molecule has 1 aromatic heterocycles. The molecule has 0 aliphatic carbocycles. The van der Waals surface area contributed by atoms with Gasteiger partial charge in [-0.3, -0.25) is 9.69 Å². The zero-order valence-corrected chi connectivity index (χ0v) is 19.3. The molecule has 0 bridgehead atoms. The SMILES string of the molecule is CSc1nnc(CCCNC(=O)[C@@H]2CCCN2C(=O)OC(C)(C)C)n1CC(C)C. The fourth-order valence-electron chi connectivity index (χ4n) is 3.36. The van der Waals surface area contributed by atoms with Crippen LogP contribution in [0.3, 0.4) is 0 Å². The van der Waals surface area contributed by atoms with Crippen molar-refractivity contribution in [2.24, 2.45) is 5.92 Å². The Morgan fingerprint density at radius 3 is 2.66 bits per heavy atom. The first-order valence-corrected chi connectivity index (χ1v) is 11.6. The number of aryl methyl sites for hydroxylation is 1. The number of thioether (sulfide) groups is 1. The second-order valence-electron chi connectivity index (χ2n) is 8.83. The van der Waals surface area contributed by atoms with Crippen molar-refractivity contribution in [3.05, 3.63) is 5.82 Å². The second-order valence-corrected chi connectivity index (χ2v) is 9.61. The number of carbonyl (C=O) groups excluding carboxylic acids is 2. The summed E-state index contributed by atoms with van der Waals surface area (Å²) in [6.07, 6.45) is 4.60. The minimum atomic E-state index is -0.567. The van der Waals surface area contributed by atoms with Gasteiger partial charge in [0.2, 0.25) is 5.91 Å². The van der Waals surface area contributed by atoms with Gasteiger partial charge in [0, 0.05) is 26.1 Å². The average Bonchev–Trinajstić information content (AvgIpc) is 3.24. The molecule has 8 nitrogen and oxygen atoms in total. The summed E-state index contributed by atoms with van der Waals surface area (Å²) in [5.74, 6) is 1.35. The maximum absolute atomic E-state index is 12.6. The van der Waals surface area contributed by atoms with Crippen LogP contribution in [0.4, 0.5) is 4.79 Å². The minimum absolute atomic E-state index is 0.109. The number of hydrogen-bond acceptors (Lipinski definition) is 6. The highest BCUT2D eigenvalue weighted by molar-refractivity contribution is 7.98. The standard InChI is InChI=1S/C20H35N5O3S/c1-14(2)13-25-16(22-23-18(25)29-6)10-7-11-21-17(26)15-9-8-12-24(15)19(27)28-20(3,4)5/h14-15H,7-13H2,1-6H3,(H,21,26)/t15-/m0/s1. The van der Waals surface area contributed by atoms with E-state index >= 15 is 0 Å². The third-order valence-corrected chi connectivity index (χ3v) is 5.25. The van der Waals surface area contributed by atoms with E-state index in [-0.39, 0.29) is 5.91 Å². The largest absolute Gasteiger partial charge is 0.444 e. The van der Waals surface area contributed by atoms with Gasteiger partial charge in [-0.15, -0.1) is 10.2 Å².